The molecule has 2 aromatic carbocycles. The molecule has 0 atom stereocenters. The van der Waals surface area contributed by atoms with Crippen LogP contribution in [-0.4, -0.2) is 32.2 Å². The Kier molecular flexibility index (Phi) is 6.69. The zero-order valence-corrected chi connectivity index (χ0v) is 18.2. The van der Waals surface area contributed by atoms with Gasteiger partial charge in [-0.3, -0.25) is 19.0 Å². The van der Waals surface area contributed by atoms with Gasteiger partial charge in [-0.1, -0.05) is 23.9 Å². The lowest BCUT2D eigenvalue weighted by molar-refractivity contribution is -0.143. The summed E-state index contributed by atoms with van der Waals surface area (Å²) in [6, 6.07) is 12.5. The van der Waals surface area contributed by atoms with Crippen molar-refractivity contribution in [1.29, 1.82) is 0 Å². The molecule has 4 rings (SSSR count). The third-order valence-corrected chi connectivity index (χ3v) is 6.94. The number of halogens is 1. The molecule has 0 saturated heterocycles. The fourth-order valence-corrected chi connectivity index (χ4v) is 5.02. The van der Waals surface area contributed by atoms with Crippen LogP contribution in [0.2, 0.25) is 0 Å². The van der Waals surface area contributed by atoms with E-state index in [1.165, 1.54) is 36.0 Å². The molecular weight excluding hydrogens is 431 g/mol. The molecule has 166 valence electrons. The van der Waals surface area contributed by atoms with Crippen LogP contribution in [0.25, 0.3) is 10.9 Å². The summed E-state index contributed by atoms with van der Waals surface area (Å²) in [5.41, 5.74) is 0.813. The lowest BCUT2D eigenvalue weighted by Crippen LogP contribution is -2.30. The number of aliphatic carboxylic acids is 1. The van der Waals surface area contributed by atoms with Crippen molar-refractivity contribution in [3.05, 3.63) is 70.3 Å². The summed E-state index contributed by atoms with van der Waals surface area (Å²) in [4.78, 5) is 41.7. The maximum Gasteiger partial charge on any atom is 0.306 e. The number of Topliss-reactive ketones (excluding diaryl/α,β-unsaturated/α-hetero) is 1. The second kappa shape index (κ2) is 9.65. The maximum atomic E-state index is 13.2. The fraction of sp³-hybridized carbons (Fsp3) is 0.333. The van der Waals surface area contributed by atoms with E-state index in [4.69, 9.17) is 0 Å². The fourth-order valence-electron chi connectivity index (χ4n) is 4.12. The predicted molar refractivity (Wildman–Crippen MR) is 121 cm³/mol. The molecule has 0 spiro atoms. The molecule has 0 unspecified atom stereocenters. The number of hydrogen-bond donors (Lipinski definition) is 1. The molecule has 1 N–H and O–H groups in total. The number of fused-ring (bicyclic) bond motifs is 1. The number of thioether (sulfide) groups is 1. The van der Waals surface area contributed by atoms with E-state index in [9.17, 15) is 23.9 Å². The summed E-state index contributed by atoms with van der Waals surface area (Å²) in [6.45, 7) is 0.441. The molecule has 1 saturated carbocycles. The molecule has 1 aromatic heterocycles. The Morgan fingerprint density at radius 2 is 1.75 bits per heavy atom. The molecule has 1 heterocycles. The lowest BCUT2D eigenvalue weighted by atomic mass is 9.82. The highest BCUT2D eigenvalue weighted by atomic mass is 32.2. The lowest BCUT2D eigenvalue weighted by Gasteiger charge is -2.27. The van der Waals surface area contributed by atoms with Crippen LogP contribution in [0.5, 0.6) is 0 Å². The van der Waals surface area contributed by atoms with Gasteiger partial charge in [0.25, 0.3) is 5.56 Å². The van der Waals surface area contributed by atoms with Gasteiger partial charge in [0.2, 0.25) is 0 Å². The average molecular weight is 455 g/mol. The van der Waals surface area contributed by atoms with Gasteiger partial charge in [-0.05, 0) is 68.0 Å². The van der Waals surface area contributed by atoms with Crippen molar-refractivity contribution in [2.75, 3.05) is 5.75 Å². The van der Waals surface area contributed by atoms with Crippen molar-refractivity contribution >= 4 is 34.4 Å². The molecule has 1 fully saturated rings. The van der Waals surface area contributed by atoms with Crippen LogP contribution in [0, 0.1) is 17.7 Å². The molecule has 6 nitrogen and oxygen atoms in total. The van der Waals surface area contributed by atoms with Gasteiger partial charge in [-0.2, -0.15) is 0 Å². The van der Waals surface area contributed by atoms with Crippen LogP contribution >= 0.6 is 11.8 Å². The van der Waals surface area contributed by atoms with Crippen LogP contribution < -0.4 is 5.56 Å². The Balaban J connectivity index is 1.58. The van der Waals surface area contributed by atoms with E-state index < -0.39 is 11.8 Å². The molecular formula is C24H23FN2O4S. The predicted octanol–water partition coefficient (Wildman–Crippen LogP) is 4.40. The topological polar surface area (TPSA) is 89.3 Å². The van der Waals surface area contributed by atoms with E-state index in [1.807, 2.05) is 6.07 Å². The van der Waals surface area contributed by atoms with E-state index in [1.54, 1.807) is 22.8 Å². The summed E-state index contributed by atoms with van der Waals surface area (Å²) in [5, 5.41) is 10.2. The van der Waals surface area contributed by atoms with E-state index in [0.29, 0.717) is 41.0 Å². The number of rotatable bonds is 7. The SMILES string of the molecule is O=C(CSc1nc2ccccc2c(=O)n1CC1CCC(C(=O)O)CC1)c1ccc(F)cc1. The number of hydrogen-bond acceptors (Lipinski definition) is 5. The third kappa shape index (κ3) is 4.91. The Hall–Kier alpha value is -3.00. The standard InChI is InChI=1S/C24H23FN2O4S/c25-18-11-9-16(10-12-18)21(28)14-32-24-26-20-4-2-1-3-19(20)22(29)27(24)13-15-5-7-17(8-6-15)23(30)31/h1-4,9-12,15,17H,5-8,13-14H2,(H,30,31). The van der Waals surface area contributed by atoms with Crippen molar-refractivity contribution in [3.8, 4) is 0 Å². The first-order valence-electron chi connectivity index (χ1n) is 10.6. The second-order valence-corrected chi connectivity index (χ2v) is 9.04. The Bertz CT molecular complexity index is 1200. The van der Waals surface area contributed by atoms with Gasteiger partial charge in [0.15, 0.2) is 10.9 Å². The number of benzene rings is 2. The van der Waals surface area contributed by atoms with Crippen LogP contribution in [0.4, 0.5) is 4.39 Å². The molecule has 1 aliphatic rings. The maximum absolute atomic E-state index is 13.2. The molecule has 0 aliphatic heterocycles. The number of para-hydroxylation sites is 1. The van der Waals surface area contributed by atoms with Crippen LogP contribution in [0.3, 0.4) is 0 Å². The Morgan fingerprint density at radius 1 is 1.06 bits per heavy atom. The highest BCUT2D eigenvalue weighted by Crippen LogP contribution is 2.31. The van der Waals surface area contributed by atoms with E-state index in [-0.39, 0.29) is 28.9 Å². The minimum absolute atomic E-state index is 0.0716. The van der Waals surface area contributed by atoms with Gasteiger partial charge in [0.05, 0.1) is 22.6 Å². The van der Waals surface area contributed by atoms with Crippen molar-refractivity contribution < 1.29 is 19.1 Å². The van der Waals surface area contributed by atoms with Gasteiger partial charge in [-0.25, -0.2) is 9.37 Å². The molecule has 1 aliphatic carbocycles. The number of carbonyl (C=O) groups is 2. The summed E-state index contributed by atoms with van der Waals surface area (Å²) >= 11 is 1.19. The Labute approximate surface area is 188 Å². The third-order valence-electron chi connectivity index (χ3n) is 5.96. The number of carboxylic acids is 1. The van der Waals surface area contributed by atoms with Crippen molar-refractivity contribution in [2.45, 2.75) is 37.4 Å². The van der Waals surface area contributed by atoms with Crippen molar-refractivity contribution in [1.82, 2.24) is 9.55 Å². The normalized spacial score (nSPS) is 18.5. The monoisotopic (exact) mass is 454 g/mol. The van der Waals surface area contributed by atoms with Gasteiger partial charge in [0.1, 0.15) is 5.82 Å². The number of carbonyl (C=O) groups excluding carboxylic acids is 1. The van der Waals surface area contributed by atoms with E-state index in [0.717, 1.165) is 12.8 Å². The van der Waals surface area contributed by atoms with E-state index in [2.05, 4.69) is 4.98 Å². The smallest absolute Gasteiger partial charge is 0.306 e. The number of nitrogens with zero attached hydrogens (tertiary/aromatic N) is 2. The van der Waals surface area contributed by atoms with Crippen LogP contribution in [-0.2, 0) is 11.3 Å². The number of aromatic nitrogens is 2. The highest BCUT2D eigenvalue weighted by Gasteiger charge is 2.27. The Morgan fingerprint density at radius 3 is 2.44 bits per heavy atom. The molecule has 0 amide bonds. The van der Waals surface area contributed by atoms with Crippen molar-refractivity contribution in [2.24, 2.45) is 11.8 Å². The first kappa shape index (κ1) is 22.2. The van der Waals surface area contributed by atoms with Gasteiger partial charge < -0.3 is 5.11 Å². The summed E-state index contributed by atoms with van der Waals surface area (Å²) in [6.07, 6.45) is 2.66. The average Bonchev–Trinajstić information content (AvgIpc) is 2.80. The highest BCUT2D eigenvalue weighted by molar-refractivity contribution is 7.99. The first-order chi connectivity index (χ1) is 15.4. The van der Waals surface area contributed by atoms with Crippen LogP contribution in [0.1, 0.15) is 36.0 Å². The molecule has 0 radical (unpaired) electrons. The van der Waals surface area contributed by atoms with Gasteiger partial charge in [-0.15, -0.1) is 0 Å². The zero-order valence-electron chi connectivity index (χ0n) is 17.4. The summed E-state index contributed by atoms with van der Waals surface area (Å²) in [7, 11) is 0. The quantitative estimate of drug-likeness (QED) is 0.323. The van der Waals surface area contributed by atoms with Crippen LogP contribution in [0.15, 0.2) is 58.5 Å². The van der Waals surface area contributed by atoms with E-state index >= 15 is 0 Å². The number of carboxylic acid groups (broad SMARTS) is 1. The molecule has 3 aromatic rings. The largest absolute Gasteiger partial charge is 0.481 e. The summed E-state index contributed by atoms with van der Waals surface area (Å²) in [5.74, 6) is -1.41. The summed E-state index contributed by atoms with van der Waals surface area (Å²) < 4.78 is 14.8. The molecule has 8 heteroatoms. The van der Waals surface area contributed by atoms with Gasteiger partial charge in [0, 0.05) is 12.1 Å². The first-order valence-corrected chi connectivity index (χ1v) is 11.5. The number of ketones is 1. The van der Waals surface area contributed by atoms with Gasteiger partial charge >= 0.3 is 5.97 Å². The molecule has 0 bridgehead atoms. The van der Waals surface area contributed by atoms with Crippen molar-refractivity contribution in [3.63, 3.8) is 0 Å². The zero-order chi connectivity index (χ0) is 22.7. The minimum atomic E-state index is -0.761. The second-order valence-electron chi connectivity index (χ2n) is 8.10. The molecule has 32 heavy (non-hydrogen) atoms. The minimum Gasteiger partial charge on any atom is -0.481 e.